The molecule has 6 nitrogen and oxygen atoms in total. The number of nitrogens with one attached hydrogen (secondary N) is 1. The van der Waals surface area contributed by atoms with Crippen LogP contribution >= 0.6 is 11.6 Å². The first-order chi connectivity index (χ1) is 15.1. The summed E-state index contributed by atoms with van der Waals surface area (Å²) in [5, 5.41) is 3.59. The van der Waals surface area contributed by atoms with E-state index in [1.807, 2.05) is 34.0 Å². The minimum atomic E-state index is -0.199. The fraction of sp³-hybridized carbons (Fsp3) is 0.500. The summed E-state index contributed by atoms with van der Waals surface area (Å²) in [6.45, 7) is 1.40. The fourth-order valence-corrected chi connectivity index (χ4v) is 4.96. The molecule has 31 heavy (non-hydrogen) atoms. The Bertz CT molecular complexity index is 914. The molecule has 2 amide bonds. The molecule has 0 radical (unpaired) electrons. The Morgan fingerprint density at radius 1 is 1.03 bits per heavy atom. The summed E-state index contributed by atoms with van der Waals surface area (Å²) in [5.74, 6) is 0.786. The molecule has 4 rings (SSSR count). The highest BCUT2D eigenvalue weighted by atomic mass is 35.5. The highest BCUT2D eigenvalue weighted by Crippen LogP contribution is 2.31. The van der Waals surface area contributed by atoms with E-state index in [1.165, 1.54) is 6.42 Å². The van der Waals surface area contributed by atoms with Gasteiger partial charge in [0.1, 0.15) is 5.75 Å². The summed E-state index contributed by atoms with van der Waals surface area (Å²) in [6, 6.07) is 7.30. The first kappa shape index (κ1) is 21.8. The van der Waals surface area contributed by atoms with Crippen LogP contribution in [0.2, 0.25) is 5.02 Å². The van der Waals surface area contributed by atoms with Gasteiger partial charge in [-0.2, -0.15) is 0 Å². The molecule has 166 valence electrons. The first-order valence-corrected chi connectivity index (χ1v) is 11.5. The number of aromatic nitrogens is 1. The molecule has 1 aliphatic heterocycles. The van der Waals surface area contributed by atoms with Crippen LogP contribution in [0.3, 0.4) is 0 Å². The highest BCUT2D eigenvalue weighted by Gasteiger charge is 2.30. The predicted molar refractivity (Wildman–Crippen MR) is 121 cm³/mol. The number of carbonyl (C=O) groups excluding carboxylic acids is 2. The first-order valence-electron chi connectivity index (χ1n) is 11.2. The predicted octanol–water partition coefficient (Wildman–Crippen LogP) is 4.44. The lowest BCUT2D eigenvalue weighted by atomic mass is 9.87. The van der Waals surface area contributed by atoms with Crippen molar-refractivity contribution in [2.45, 2.75) is 51.0 Å². The van der Waals surface area contributed by atoms with Crippen molar-refractivity contribution < 1.29 is 14.3 Å². The molecule has 2 aromatic rings. The number of carbonyl (C=O) groups is 2. The Balaban J connectivity index is 1.38. The summed E-state index contributed by atoms with van der Waals surface area (Å²) in [7, 11) is 1.55. The third-order valence-electron chi connectivity index (χ3n) is 6.49. The lowest BCUT2D eigenvalue weighted by Crippen LogP contribution is -2.48. The van der Waals surface area contributed by atoms with Crippen molar-refractivity contribution in [2.24, 2.45) is 5.92 Å². The Labute approximate surface area is 188 Å². The lowest BCUT2D eigenvalue weighted by Gasteiger charge is -2.35. The minimum absolute atomic E-state index is 0.0375. The Kier molecular flexibility index (Phi) is 6.86. The number of likely N-dealkylation sites (tertiary alicyclic amines) is 1. The second kappa shape index (κ2) is 9.77. The lowest BCUT2D eigenvalue weighted by molar-refractivity contribution is -0.137. The molecule has 1 aromatic heterocycles. The maximum Gasteiger partial charge on any atom is 0.255 e. The van der Waals surface area contributed by atoms with Gasteiger partial charge in [0.15, 0.2) is 0 Å². The molecule has 2 heterocycles. The Hall–Kier alpha value is -2.47. The van der Waals surface area contributed by atoms with E-state index in [1.54, 1.807) is 19.2 Å². The number of piperidine rings is 1. The third-order valence-corrected chi connectivity index (χ3v) is 6.80. The van der Waals surface area contributed by atoms with E-state index in [0.29, 0.717) is 35.3 Å². The van der Waals surface area contributed by atoms with E-state index in [4.69, 9.17) is 16.3 Å². The normalized spacial score (nSPS) is 18.1. The van der Waals surface area contributed by atoms with Gasteiger partial charge in [-0.25, -0.2) is 0 Å². The molecular formula is C24H30ClN3O3. The van der Waals surface area contributed by atoms with Gasteiger partial charge in [-0.15, -0.1) is 0 Å². The Morgan fingerprint density at radius 2 is 1.71 bits per heavy atom. The number of ether oxygens (including phenoxy) is 1. The molecule has 0 spiro atoms. The summed E-state index contributed by atoms with van der Waals surface area (Å²) < 4.78 is 7.36. The van der Waals surface area contributed by atoms with Crippen molar-refractivity contribution in [2.75, 3.05) is 20.2 Å². The molecule has 1 N–H and O–H groups in total. The summed E-state index contributed by atoms with van der Waals surface area (Å²) >= 11 is 6.46. The number of hydrogen-bond acceptors (Lipinski definition) is 3. The quantitative estimate of drug-likeness (QED) is 0.742. The van der Waals surface area contributed by atoms with Gasteiger partial charge in [0.05, 0.1) is 23.4 Å². The number of benzene rings is 1. The molecule has 0 bridgehead atoms. The van der Waals surface area contributed by atoms with Crippen molar-refractivity contribution in [3.8, 4) is 11.4 Å². The zero-order valence-corrected chi connectivity index (χ0v) is 18.7. The van der Waals surface area contributed by atoms with E-state index < -0.39 is 0 Å². The van der Waals surface area contributed by atoms with E-state index in [0.717, 1.165) is 44.2 Å². The number of rotatable bonds is 5. The van der Waals surface area contributed by atoms with Crippen molar-refractivity contribution in [1.29, 1.82) is 0 Å². The second-order valence-electron chi connectivity index (χ2n) is 8.50. The van der Waals surface area contributed by atoms with Crippen LogP contribution in [0.5, 0.6) is 5.75 Å². The van der Waals surface area contributed by atoms with Crippen LogP contribution in [0.25, 0.3) is 5.69 Å². The van der Waals surface area contributed by atoms with Gasteiger partial charge in [-0.1, -0.05) is 30.9 Å². The van der Waals surface area contributed by atoms with Crippen molar-refractivity contribution in [3.63, 3.8) is 0 Å². The van der Waals surface area contributed by atoms with Gasteiger partial charge in [-0.05, 0) is 43.9 Å². The van der Waals surface area contributed by atoms with Gasteiger partial charge in [0.2, 0.25) is 5.91 Å². The largest absolute Gasteiger partial charge is 0.496 e. The van der Waals surface area contributed by atoms with E-state index in [9.17, 15) is 9.59 Å². The molecule has 7 heteroatoms. The third kappa shape index (κ3) is 4.90. The zero-order chi connectivity index (χ0) is 21.8. The maximum atomic E-state index is 13.0. The number of amides is 2. The minimum Gasteiger partial charge on any atom is -0.496 e. The van der Waals surface area contributed by atoms with Crippen molar-refractivity contribution in [3.05, 3.63) is 47.2 Å². The van der Waals surface area contributed by atoms with Gasteiger partial charge in [0.25, 0.3) is 5.91 Å². The maximum absolute atomic E-state index is 13.0. The molecular weight excluding hydrogens is 414 g/mol. The monoisotopic (exact) mass is 443 g/mol. The van der Waals surface area contributed by atoms with Gasteiger partial charge < -0.3 is 19.5 Å². The number of hydrogen-bond donors (Lipinski definition) is 1. The van der Waals surface area contributed by atoms with Crippen LogP contribution in [0.4, 0.5) is 0 Å². The van der Waals surface area contributed by atoms with Crippen molar-refractivity contribution in [1.82, 2.24) is 14.8 Å². The molecule has 0 unspecified atom stereocenters. The molecule has 1 aliphatic carbocycles. The molecule has 2 fully saturated rings. The number of methoxy groups -OCH3 is 1. The number of nitrogens with zero attached hydrogens (tertiary/aromatic N) is 2. The standard InChI is InChI=1S/C24H30ClN3O3/c1-31-22-16-21(27-11-5-6-12-27)20(25)15-19(22)23(29)26-18-9-13-28(14-10-18)24(30)17-7-3-2-4-8-17/h5-6,11-12,15-18H,2-4,7-10,13-14H2,1H3,(H,26,29). The van der Waals surface area contributed by atoms with Crippen molar-refractivity contribution >= 4 is 23.4 Å². The number of halogens is 1. The van der Waals surface area contributed by atoms with Crippen LogP contribution in [0.1, 0.15) is 55.3 Å². The average molecular weight is 444 g/mol. The second-order valence-corrected chi connectivity index (χ2v) is 8.91. The van der Waals surface area contributed by atoms with E-state index in [2.05, 4.69) is 5.32 Å². The SMILES string of the molecule is COc1cc(-n2cccc2)c(Cl)cc1C(=O)NC1CCN(C(=O)C2CCCCC2)CC1. The van der Waals surface area contributed by atoms with E-state index >= 15 is 0 Å². The van der Waals surface area contributed by atoms with Crippen LogP contribution in [-0.4, -0.2) is 47.5 Å². The molecule has 0 atom stereocenters. The van der Waals surface area contributed by atoms with Gasteiger partial charge in [-0.3, -0.25) is 9.59 Å². The van der Waals surface area contributed by atoms with E-state index in [-0.39, 0.29) is 17.9 Å². The van der Waals surface area contributed by atoms with Crippen LogP contribution in [0.15, 0.2) is 36.7 Å². The Morgan fingerprint density at radius 3 is 2.35 bits per heavy atom. The average Bonchev–Trinajstić information content (AvgIpc) is 3.34. The fourth-order valence-electron chi connectivity index (χ4n) is 4.70. The smallest absolute Gasteiger partial charge is 0.255 e. The molecule has 1 saturated heterocycles. The molecule has 1 aromatic carbocycles. The summed E-state index contributed by atoms with van der Waals surface area (Å²) in [6.07, 6.45) is 10.9. The summed E-state index contributed by atoms with van der Waals surface area (Å²) in [4.78, 5) is 27.7. The van der Waals surface area contributed by atoms with Gasteiger partial charge in [0, 0.05) is 43.5 Å². The topological polar surface area (TPSA) is 63.6 Å². The highest BCUT2D eigenvalue weighted by molar-refractivity contribution is 6.33. The molecule has 1 saturated carbocycles. The van der Waals surface area contributed by atoms with Gasteiger partial charge >= 0.3 is 0 Å². The van der Waals surface area contributed by atoms with Crippen LogP contribution in [0, 0.1) is 5.92 Å². The van der Waals surface area contributed by atoms with Crippen LogP contribution < -0.4 is 10.1 Å². The molecule has 2 aliphatic rings. The zero-order valence-electron chi connectivity index (χ0n) is 18.0. The van der Waals surface area contributed by atoms with Crippen LogP contribution in [-0.2, 0) is 4.79 Å². The summed E-state index contributed by atoms with van der Waals surface area (Å²) in [5.41, 5.74) is 1.18.